The number of aliphatic imine (C=N–C) groups is 1. The topological polar surface area (TPSA) is 15.6 Å². The van der Waals surface area contributed by atoms with E-state index in [-0.39, 0.29) is 0 Å². The highest BCUT2D eigenvalue weighted by Crippen LogP contribution is 2.35. The SMILES string of the molecule is Clc1cc(I)cc2c1CN1CCCCC1=N2. The number of amidine groups is 1. The quantitative estimate of drug-likeness (QED) is 0.649. The van der Waals surface area contributed by atoms with Crippen LogP contribution in [0, 0.1) is 3.57 Å². The van der Waals surface area contributed by atoms with Gasteiger partial charge in [-0.05, 0) is 47.6 Å². The Hall–Kier alpha value is -0.290. The average Bonchev–Trinajstić information content (AvgIpc) is 2.27. The molecule has 16 heavy (non-hydrogen) atoms. The minimum absolute atomic E-state index is 0.857. The van der Waals surface area contributed by atoms with Crippen molar-refractivity contribution >= 4 is 45.7 Å². The first-order valence-corrected chi connectivity index (χ1v) is 7.00. The summed E-state index contributed by atoms with van der Waals surface area (Å²) in [6.07, 6.45) is 3.65. The van der Waals surface area contributed by atoms with E-state index < -0.39 is 0 Å². The summed E-state index contributed by atoms with van der Waals surface area (Å²) in [4.78, 5) is 7.11. The highest BCUT2D eigenvalue weighted by atomic mass is 127. The molecule has 1 aromatic carbocycles. The lowest BCUT2D eigenvalue weighted by atomic mass is 10.0. The fourth-order valence-electron chi connectivity index (χ4n) is 2.35. The fourth-order valence-corrected chi connectivity index (χ4v) is 3.41. The molecule has 0 spiro atoms. The van der Waals surface area contributed by atoms with E-state index in [0.717, 1.165) is 33.8 Å². The first-order valence-electron chi connectivity index (χ1n) is 5.54. The summed E-state index contributed by atoms with van der Waals surface area (Å²) in [5.41, 5.74) is 2.26. The summed E-state index contributed by atoms with van der Waals surface area (Å²) >= 11 is 8.57. The van der Waals surface area contributed by atoms with Crippen LogP contribution in [-0.4, -0.2) is 17.3 Å². The molecule has 1 aromatic rings. The predicted octanol–water partition coefficient (Wildman–Crippen LogP) is 3.97. The van der Waals surface area contributed by atoms with Gasteiger partial charge in [0.05, 0.1) is 5.69 Å². The molecule has 84 valence electrons. The highest BCUT2D eigenvalue weighted by molar-refractivity contribution is 14.1. The Labute approximate surface area is 114 Å². The second kappa shape index (κ2) is 4.18. The molecule has 4 heteroatoms. The number of halogens is 2. The normalized spacial score (nSPS) is 18.9. The van der Waals surface area contributed by atoms with Crippen molar-refractivity contribution in [3.05, 3.63) is 26.3 Å². The summed E-state index contributed by atoms with van der Waals surface area (Å²) in [6, 6.07) is 4.14. The van der Waals surface area contributed by atoms with Crippen LogP contribution in [0.2, 0.25) is 5.02 Å². The van der Waals surface area contributed by atoms with Crippen LogP contribution >= 0.6 is 34.2 Å². The summed E-state index contributed by atoms with van der Waals surface area (Å²) in [7, 11) is 0. The smallest absolute Gasteiger partial charge is 0.105 e. The third-order valence-corrected chi connectivity index (χ3v) is 4.14. The number of rotatable bonds is 0. The van der Waals surface area contributed by atoms with Gasteiger partial charge in [-0.25, -0.2) is 4.99 Å². The Morgan fingerprint density at radius 2 is 2.19 bits per heavy atom. The number of piperidine rings is 1. The molecule has 2 nitrogen and oxygen atoms in total. The van der Waals surface area contributed by atoms with E-state index in [1.807, 2.05) is 6.07 Å². The fraction of sp³-hybridized carbons (Fsp3) is 0.417. The van der Waals surface area contributed by atoms with Crippen LogP contribution in [0.5, 0.6) is 0 Å². The Bertz CT molecular complexity index is 470. The molecular weight excluding hydrogens is 335 g/mol. The number of hydrogen-bond donors (Lipinski definition) is 0. The molecule has 0 radical (unpaired) electrons. The Morgan fingerprint density at radius 1 is 1.31 bits per heavy atom. The molecule has 0 bridgehead atoms. The molecule has 2 aliphatic rings. The van der Waals surface area contributed by atoms with E-state index in [0.29, 0.717) is 0 Å². The maximum atomic E-state index is 6.28. The van der Waals surface area contributed by atoms with Crippen molar-refractivity contribution < 1.29 is 0 Å². The predicted molar refractivity (Wildman–Crippen MR) is 75.5 cm³/mol. The molecule has 0 saturated carbocycles. The third kappa shape index (κ3) is 1.84. The van der Waals surface area contributed by atoms with E-state index >= 15 is 0 Å². The number of fused-ring (bicyclic) bond motifs is 2. The van der Waals surface area contributed by atoms with E-state index in [2.05, 4.69) is 33.6 Å². The van der Waals surface area contributed by atoms with Gasteiger partial charge in [0.25, 0.3) is 0 Å². The van der Waals surface area contributed by atoms with Crippen LogP contribution in [0.1, 0.15) is 24.8 Å². The van der Waals surface area contributed by atoms with Crippen molar-refractivity contribution in [2.45, 2.75) is 25.8 Å². The largest absolute Gasteiger partial charge is 0.356 e. The molecule has 0 aromatic heterocycles. The minimum Gasteiger partial charge on any atom is -0.356 e. The Balaban J connectivity index is 2.09. The van der Waals surface area contributed by atoms with E-state index in [1.54, 1.807) is 0 Å². The van der Waals surface area contributed by atoms with Gasteiger partial charge >= 0.3 is 0 Å². The second-order valence-electron chi connectivity index (χ2n) is 4.29. The summed E-state index contributed by atoms with van der Waals surface area (Å²) < 4.78 is 1.16. The number of nitrogens with zero attached hydrogens (tertiary/aromatic N) is 2. The summed E-state index contributed by atoms with van der Waals surface area (Å²) in [6.45, 7) is 2.06. The van der Waals surface area contributed by atoms with Gasteiger partial charge in [0.15, 0.2) is 0 Å². The van der Waals surface area contributed by atoms with Gasteiger partial charge in [0.2, 0.25) is 0 Å². The van der Waals surface area contributed by atoms with Crippen LogP contribution in [0.4, 0.5) is 5.69 Å². The maximum Gasteiger partial charge on any atom is 0.105 e. The first kappa shape index (κ1) is 10.8. The zero-order valence-corrected chi connectivity index (χ0v) is 11.8. The molecule has 0 amide bonds. The van der Waals surface area contributed by atoms with Gasteiger partial charge in [0, 0.05) is 33.7 Å². The van der Waals surface area contributed by atoms with Crippen molar-refractivity contribution in [2.24, 2.45) is 4.99 Å². The molecule has 0 atom stereocenters. The van der Waals surface area contributed by atoms with Gasteiger partial charge < -0.3 is 4.90 Å². The van der Waals surface area contributed by atoms with Crippen molar-refractivity contribution in [1.82, 2.24) is 4.90 Å². The van der Waals surface area contributed by atoms with Crippen molar-refractivity contribution in [3.8, 4) is 0 Å². The van der Waals surface area contributed by atoms with Gasteiger partial charge in [-0.3, -0.25) is 0 Å². The molecular formula is C12H12ClIN2. The van der Waals surface area contributed by atoms with Crippen molar-refractivity contribution in [3.63, 3.8) is 0 Å². The lowest BCUT2D eigenvalue weighted by Crippen LogP contribution is -2.36. The lowest BCUT2D eigenvalue weighted by molar-refractivity contribution is 0.359. The van der Waals surface area contributed by atoms with Crippen LogP contribution in [0.3, 0.4) is 0 Å². The Kier molecular flexibility index (Phi) is 2.83. The third-order valence-electron chi connectivity index (χ3n) is 3.18. The van der Waals surface area contributed by atoms with Crippen molar-refractivity contribution in [1.29, 1.82) is 0 Å². The van der Waals surface area contributed by atoms with Gasteiger partial charge in [-0.15, -0.1) is 0 Å². The van der Waals surface area contributed by atoms with E-state index in [9.17, 15) is 0 Å². The van der Waals surface area contributed by atoms with Crippen LogP contribution in [-0.2, 0) is 6.54 Å². The number of hydrogen-bond acceptors (Lipinski definition) is 2. The van der Waals surface area contributed by atoms with Crippen molar-refractivity contribution in [2.75, 3.05) is 6.54 Å². The van der Waals surface area contributed by atoms with Gasteiger partial charge in [-0.1, -0.05) is 11.6 Å². The summed E-state index contributed by atoms with van der Waals surface area (Å²) in [5, 5.41) is 0.857. The minimum atomic E-state index is 0.857. The Morgan fingerprint density at radius 3 is 3.06 bits per heavy atom. The molecule has 0 unspecified atom stereocenters. The molecule has 0 aliphatic carbocycles. The van der Waals surface area contributed by atoms with Crippen LogP contribution < -0.4 is 0 Å². The standard InChI is InChI=1S/C12H12ClIN2/c13-10-5-8(14)6-11-9(10)7-16-4-2-1-3-12(16)15-11/h5-6H,1-4,7H2. The number of benzene rings is 1. The first-order chi connectivity index (χ1) is 7.74. The second-order valence-corrected chi connectivity index (χ2v) is 5.94. The molecule has 1 saturated heterocycles. The highest BCUT2D eigenvalue weighted by Gasteiger charge is 2.23. The summed E-state index contributed by atoms with van der Waals surface area (Å²) in [5.74, 6) is 1.25. The van der Waals surface area contributed by atoms with Gasteiger partial charge in [-0.2, -0.15) is 0 Å². The molecule has 1 fully saturated rings. The molecule has 2 heterocycles. The average molecular weight is 347 g/mol. The zero-order chi connectivity index (χ0) is 11.1. The van der Waals surface area contributed by atoms with Crippen LogP contribution in [0.25, 0.3) is 0 Å². The molecule has 2 aliphatic heterocycles. The van der Waals surface area contributed by atoms with Gasteiger partial charge in [0.1, 0.15) is 5.84 Å². The lowest BCUT2D eigenvalue weighted by Gasteiger charge is -2.34. The van der Waals surface area contributed by atoms with Crippen LogP contribution in [0.15, 0.2) is 17.1 Å². The zero-order valence-electron chi connectivity index (χ0n) is 8.84. The monoisotopic (exact) mass is 346 g/mol. The van der Waals surface area contributed by atoms with E-state index in [4.69, 9.17) is 16.6 Å². The van der Waals surface area contributed by atoms with E-state index in [1.165, 1.54) is 24.2 Å². The maximum absolute atomic E-state index is 6.28. The molecule has 0 N–H and O–H groups in total. The molecule has 3 rings (SSSR count).